The lowest BCUT2D eigenvalue weighted by Gasteiger charge is -2.30. The van der Waals surface area contributed by atoms with Gasteiger partial charge < -0.3 is 4.90 Å². The number of benzene rings is 1. The molecule has 0 radical (unpaired) electrons. The van der Waals surface area contributed by atoms with Crippen LogP contribution in [0.2, 0.25) is 0 Å². The molecule has 0 aliphatic rings. The fourth-order valence-corrected chi connectivity index (χ4v) is 2.71. The van der Waals surface area contributed by atoms with E-state index in [-0.39, 0.29) is 11.7 Å². The molecule has 0 saturated heterocycles. The number of amides is 1. The molecule has 24 heavy (non-hydrogen) atoms. The normalized spacial score (nSPS) is 12.4. The first-order chi connectivity index (χ1) is 11.5. The summed E-state index contributed by atoms with van der Waals surface area (Å²) in [5.41, 5.74) is 1.79. The Labute approximate surface area is 142 Å². The van der Waals surface area contributed by atoms with Crippen LogP contribution in [0.15, 0.2) is 36.7 Å². The topological polar surface area (TPSA) is 41.4 Å². The summed E-state index contributed by atoms with van der Waals surface area (Å²) in [6.45, 7) is 5.90. The van der Waals surface area contributed by atoms with Crippen LogP contribution in [0.1, 0.15) is 31.0 Å². The molecule has 0 spiro atoms. The summed E-state index contributed by atoms with van der Waals surface area (Å²) < 4.78 is 15.0. The van der Waals surface area contributed by atoms with E-state index in [1.807, 2.05) is 43.7 Å². The highest BCUT2D eigenvalue weighted by atomic mass is 19.1. The van der Waals surface area contributed by atoms with Crippen molar-refractivity contribution in [1.29, 1.82) is 0 Å². The first kappa shape index (κ1) is 18.1. The second-order valence-electron chi connectivity index (χ2n) is 5.97. The van der Waals surface area contributed by atoms with Gasteiger partial charge in [0.15, 0.2) is 0 Å². The number of aromatic nitrogens is 2. The van der Waals surface area contributed by atoms with E-state index >= 15 is 0 Å². The molecule has 130 valence electrons. The minimum atomic E-state index is -0.438. The van der Waals surface area contributed by atoms with Crippen LogP contribution in [-0.4, -0.2) is 46.1 Å². The molecule has 0 bridgehead atoms. The Kier molecular flexibility index (Phi) is 6.09. The molecule has 2 aromatic rings. The molecule has 2 rings (SSSR count). The zero-order valence-corrected chi connectivity index (χ0v) is 14.7. The zero-order valence-electron chi connectivity index (χ0n) is 14.7. The van der Waals surface area contributed by atoms with Crippen molar-refractivity contribution >= 4 is 5.91 Å². The van der Waals surface area contributed by atoms with Crippen LogP contribution in [0, 0.1) is 5.82 Å². The van der Waals surface area contributed by atoms with E-state index in [4.69, 9.17) is 0 Å². The van der Waals surface area contributed by atoms with Crippen LogP contribution in [0.25, 0.3) is 0 Å². The Morgan fingerprint density at radius 2 is 1.92 bits per heavy atom. The monoisotopic (exact) mass is 332 g/mol. The Hall–Kier alpha value is -2.21. The van der Waals surface area contributed by atoms with Crippen LogP contribution in [0.4, 0.5) is 4.39 Å². The van der Waals surface area contributed by atoms with Crippen LogP contribution in [-0.2, 0) is 17.9 Å². The Bertz CT molecular complexity index is 666. The number of carbonyl (C=O) groups is 1. The minimum Gasteiger partial charge on any atom is -0.337 e. The van der Waals surface area contributed by atoms with E-state index in [9.17, 15) is 9.18 Å². The van der Waals surface area contributed by atoms with Gasteiger partial charge >= 0.3 is 0 Å². The van der Waals surface area contributed by atoms with Crippen LogP contribution in [0.3, 0.4) is 0 Å². The average Bonchev–Trinajstić information content (AvgIpc) is 3.02. The number of carbonyl (C=O) groups excluding carboxylic acids is 1. The van der Waals surface area contributed by atoms with Crippen molar-refractivity contribution in [1.82, 2.24) is 19.6 Å². The maximum Gasteiger partial charge on any atom is 0.244 e. The summed E-state index contributed by atoms with van der Waals surface area (Å²) in [4.78, 5) is 16.7. The van der Waals surface area contributed by atoms with Gasteiger partial charge in [-0.15, -0.1) is 0 Å². The Morgan fingerprint density at radius 1 is 1.25 bits per heavy atom. The fourth-order valence-electron chi connectivity index (χ4n) is 2.71. The first-order valence-corrected chi connectivity index (χ1v) is 8.18. The summed E-state index contributed by atoms with van der Waals surface area (Å²) in [6.07, 6.45) is 3.75. The molecular formula is C18H25FN4O. The van der Waals surface area contributed by atoms with E-state index in [1.54, 1.807) is 23.2 Å². The van der Waals surface area contributed by atoms with E-state index < -0.39 is 6.04 Å². The second kappa shape index (κ2) is 8.06. The predicted molar refractivity (Wildman–Crippen MR) is 91.8 cm³/mol. The van der Waals surface area contributed by atoms with Gasteiger partial charge in [-0.3, -0.25) is 14.4 Å². The summed E-state index contributed by atoms with van der Waals surface area (Å²) in [5, 5.41) is 4.26. The fraction of sp³-hybridized carbons (Fsp3) is 0.444. The summed E-state index contributed by atoms with van der Waals surface area (Å²) >= 11 is 0. The molecule has 1 atom stereocenters. The first-order valence-electron chi connectivity index (χ1n) is 8.18. The highest BCUT2D eigenvalue weighted by Crippen LogP contribution is 2.22. The van der Waals surface area contributed by atoms with E-state index in [0.29, 0.717) is 13.1 Å². The van der Waals surface area contributed by atoms with Crippen molar-refractivity contribution < 1.29 is 9.18 Å². The summed E-state index contributed by atoms with van der Waals surface area (Å²) in [5.74, 6) is -0.304. The molecule has 1 amide bonds. The molecule has 1 aromatic heterocycles. The molecule has 1 aromatic carbocycles. The molecule has 5 nitrogen and oxygen atoms in total. The van der Waals surface area contributed by atoms with Gasteiger partial charge in [-0.25, -0.2) is 4.39 Å². The molecule has 0 aliphatic heterocycles. The van der Waals surface area contributed by atoms with E-state index in [2.05, 4.69) is 5.10 Å². The standard InChI is InChI=1S/C18H25FN4O/c1-5-22(12-14-11-20-23(6-2)13-14)18(24)17(21(3)4)15-7-9-16(19)10-8-15/h7-11,13,17H,5-6,12H2,1-4H3/t17-/m1/s1. The van der Waals surface area contributed by atoms with Crippen molar-refractivity contribution in [3.05, 3.63) is 53.6 Å². The lowest BCUT2D eigenvalue weighted by molar-refractivity contribution is -0.136. The molecule has 0 fully saturated rings. The maximum absolute atomic E-state index is 13.2. The van der Waals surface area contributed by atoms with Gasteiger partial charge in [0.25, 0.3) is 0 Å². The Balaban J connectivity index is 2.21. The SMILES string of the molecule is CCN(Cc1cnn(CC)c1)C(=O)[C@@H](c1ccc(F)cc1)N(C)C. The molecule has 6 heteroatoms. The van der Waals surface area contributed by atoms with Gasteiger partial charge in [-0.05, 0) is 45.6 Å². The smallest absolute Gasteiger partial charge is 0.244 e. The number of rotatable bonds is 7. The number of likely N-dealkylation sites (N-methyl/N-ethyl adjacent to an activating group) is 2. The summed E-state index contributed by atoms with van der Waals surface area (Å²) in [7, 11) is 3.71. The van der Waals surface area contributed by atoms with Gasteiger partial charge in [0.2, 0.25) is 5.91 Å². The molecule has 0 unspecified atom stereocenters. The van der Waals surface area contributed by atoms with Crippen LogP contribution in [0.5, 0.6) is 0 Å². The quantitative estimate of drug-likeness (QED) is 0.783. The van der Waals surface area contributed by atoms with Gasteiger partial charge in [0.1, 0.15) is 11.9 Å². The zero-order chi connectivity index (χ0) is 17.7. The molecular weight excluding hydrogens is 307 g/mol. The van der Waals surface area contributed by atoms with Gasteiger partial charge in [0, 0.05) is 31.4 Å². The van der Waals surface area contributed by atoms with Crippen molar-refractivity contribution in [3.63, 3.8) is 0 Å². The largest absolute Gasteiger partial charge is 0.337 e. The number of nitrogens with zero attached hydrogens (tertiary/aromatic N) is 4. The minimum absolute atomic E-state index is 0.00152. The third kappa shape index (κ3) is 4.20. The number of hydrogen-bond donors (Lipinski definition) is 0. The van der Waals surface area contributed by atoms with Crippen molar-refractivity contribution in [2.45, 2.75) is 33.0 Å². The van der Waals surface area contributed by atoms with Crippen molar-refractivity contribution in [2.75, 3.05) is 20.6 Å². The van der Waals surface area contributed by atoms with Crippen molar-refractivity contribution in [2.24, 2.45) is 0 Å². The lowest BCUT2D eigenvalue weighted by Crippen LogP contribution is -2.40. The summed E-state index contributed by atoms with van der Waals surface area (Å²) in [6, 6.07) is 5.68. The van der Waals surface area contributed by atoms with Crippen LogP contribution < -0.4 is 0 Å². The molecule has 1 heterocycles. The number of halogens is 1. The number of hydrogen-bond acceptors (Lipinski definition) is 3. The molecule has 0 aliphatic carbocycles. The van der Waals surface area contributed by atoms with Crippen molar-refractivity contribution in [3.8, 4) is 0 Å². The Morgan fingerprint density at radius 3 is 2.42 bits per heavy atom. The average molecular weight is 332 g/mol. The van der Waals surface area contributed by atoms with E-state index in [1.165, 1.54) is 12.1 Å². The van der Waals surface area contributed by atoms with Gasteiger partial charge in [-0.2, -0.15) is 5.10 Å². The highest BCUT2D eigenvalue weighted by Gasteiger charge is 2.27. The van der Waals surface area contributed by atoms with Crippen LogP contribution >= 0.6 is 0 Å². The third-order valence-corrected chi connectivity index (χ3v) is 4.01. The lowest BCUT2D eigenvalue weighted by atomic mass is 10.0. The third-order valence-electron chi connectivity index (χ3n) is 4.01. The number of aryl methyl sites for hydroxylation is 1. The highest BCUT2D eigenvalue weighted by molar-refractivity contribution is 5.83. The predicted octanol–water partition coefficient (Wildman–Crippen LogP) is 2.69. The molecule has 0 saturated carbocycles. The molecule has 0 N–H and O–H groups in total. The van der Waals surface area contributed by atoms with E-state index in [0.717, 1.165) is 17.7 Å². The second-order valence-corrected chi connectivity index (χ2v) is 5.97. The maximum atomic E-state index is 13.2. The van der Waals surface area contributed by atoms with Gasteiger partial charge in [-0.1, -0.05) is 12.1 Å². The van der Waals surface area contributed by atoms with Gasteiger partial charge in [0.05, 0.1) is 6.20 Å².